The molecule has 35 heavy (non-hydrogen) atoms. The molecule has 6 nitrogen and oxygen atoms in total. The van der Waals surface area contributed by atoms with Gasteiger partial charge in [-0.15, -0.1) is 0 Å². The molecule has 0 fully saturated rings. The van der Waals surface area contributed by atoms with E-state index in [1.807, 2.05) is 0 Å². The molecule has 4 rings (SSSR count). The second-order valence-electron chi connectivity index (χ2n) is 8.01. The van der Waals surface area contributed by atoms with Crippen LogP contribution in [0.3, 0.4) is 0 Å². The number of nitrogens with zero attached hydrogens (tertiary/aromatic N) is 3. The van der Waals surface area contributed by atoms with E-state index in [1.54, 1.807) is 20.2 Å². The number of benzene rings is 1. The predicted octanol–water partition coefficient (Wildman–Crippen LogP) is 5.85. The molecule has 0 aliphatic rings. The molecular formula is C24H19F5N4O2. The standard InChI is InChI=1S/C24H19F5N4O2/c1-11-15(24(27,28)29)9-30-23(35-19-6-5-16(25)22(26)12(19)2)20(11)17-7-18(34)21(13(3)32-17)14-8-31-33(4)10-14/h5-10H,1-4H3,(H,32,34). The molecule has 1 aromatic carbocycles. The number of rotatable bonds is 4. The van der Waals surface area contributed by atoms with Gasteiger partial charge in [0.2, 0.25) is 5.88 Å². The van der Waals surface area contributed by atoms with Crippen LogP contribution in [0.4, 0.5) is 22.0 Å². The van der Waals surface area contributed by atoms with Crippen LogP contribution in [0.1, 0.15) is 22.4 Å². The normalized spacial score (nSPS) is 11.7. The number of nitrogens with one attached hydrogen (secondary N) is 1. The highest BCUT2D eigenvalue weighted by atomic mass is 19.4. The van der Waals surface area contributed by atoms with Gasteiger partial charge >= 0.3 is 6.18 Å². The molecule has 3 aromatic heterocycles. The van der Waals surface area contributed by atoms with Gasteiger partial charge < -0.3 is 9.72 Å². The lowest BCUT2D eigenvalue weighted by Gasteiger charge is -2.19. The SMILES string of the molecule is Cc1[nH]c(-c2c(Oc3ccc(F)c(F)c3C)ncc(C(F)(F)F)c2C)cc(=O)c1-c1cnn(C)c1. The third-order valence-electron chi connectivity index (χ3n) is 5.59. The first-order chi connectivity index (χ1) is 16.4. The number of aryl methyl sites for hydroxylation is 2. The Morgan fingerprint density at radius 2 is 1.74 bits per heavy atom. The smallest absolute Gasteiger partial charge is 0.418 e. The van der Waals surface area contributed by atoms with Gasteiger partial charge in [0.05, 0.1) is 28.6 Å². The summed E-state index contributed by atoms with van der Waals surface area (Å²) in [5.41, 5.74) is -0.837. The number of H-pyrrole nitrogens is 1. The largest absolute Gasteiger partial charge is 0.438 e. The molecule has 11 heteroatoms. The number of ether oxygens (including phenoxy) is 1. The van der Waals surface area contributed by atoms with Crippen molar-refractivity contribution in [1.82, 2.24) is 19.7 Å². The molecule has 3 heterocycles. The van der Waals surface area contributed by atoms with Crippen molar-refractivity contribution in [1.29, 1.82) is 0 Å². The van der Waals surface area contributed by atoms with E-state index in [0.717, 1.165) is 18.2 Å². The summed E-state index contributed by atoms with van der Waals surface area (Å²) in [6.07, 6.45) is -1.00. The molecule has 0 amide bonds. The van der Waals surface area contributed by atoms with E-state index in [-0.39, 0.29) is 34.0 Å². The van der Waals surface area contributed by atoms with Gasteiger partial charge in [0.1, 0.15) is 5.75 Å². The molecule has 1 N–H and O–H groups in total. The van der Waals surface area contributed by atoms with Crippen LogP contribution in [0, 0.1) is 32.4 Å². The highest BCUT2D eigenvalue weighted by molar-refractivity contribution is 5.74. The topological polar surface area (TPSA) is 72.8 Å². The van der Waals surface area contributed by atoms with E-state index in [0.29, 0.717) is 23.0 Å². The van der Waals surface area contributed by atoms with Crippen LogP contribution in [-0.2, 0) is 13.2 Å². The van der Waals surface area contributed by atoms with Gasteiger partial charge in [0.25, 0.3) is 0 Å². The summed E-state index contributed by atoms with van der Waals surface area (Å²) in [6, 6.07) is 3.12. The Morgan fingerprint density at radius 1 is 1.03 bits per heavy atom. The number of alkyl halides is 3. The van der Waals surface area contributed by atoms with E-state index >= 15 is 0 Å². The monoisotopic (exact) mass is 490 g/mol. The van der Waals surface area contributed by atoms with Gasteiger partial charge in [-0.1, -0.05) is 0 Å². The molecule has 0 saturated carbocycles. The lowest BCUT2D eigenvalue weighted by atomic mass is 9.99. The van der Waals surface area contributed by atoms with Crippen molar-refractivity contribution < 1.29 is 26.7 Å². The van der Waals surface area contributed by atoms with Crippen LogP contribution < -0.4 is 10.2 Å². The minimum Gasteiger partial charge on any atom is -0.438 e. The number of hydrogen-bond donors (Lipinski definition) is 1. The maximum Gasteiger partial charge on any atom is 0.418 e. The van der Waals surface area contributed by atoms with Crippen LogP contribution in [0.2, 0.25) is 0 Å². The summed E-state index contributed by atoms with van der Waals surface area (Å²) in [6.45, 7) is 4.08. The Bertz CT molecular complexity index is 1510. The first kappa shape index (κ1) is 24.1. The maximum absolute atomic E-state index is 14.1. The highest BCUT2D eigenvalue weighted by Gasteiger charge is 2.35. The lowest BCUT2D eigenvalue weighted by molar-refractivity contribution is -0.138. The van der Waals surface area contributed by atoms with Gasteiger partial charge in [0.15, 0.2) is 17.1 Å². The van der Waals surface area contributed by atoms with Crippen LogP contribution in [0.25, 0.3) is 22.4 Å². The van der Waals surface area contributed by atoms with Crippen LogP contribution >= 0.6 is 0 Å². The van der Waals surface area contributed by atoms with Crippen molar-refractivity contribution in [2.24, 2.45) is 7.05 Å². The van der Waals surface area contributed by atoms with Gasteiger partial charge in [-0.2, -0.15) is 18.3 Å². The third kappa shape index (κ3) is 4.41. The van der Waals surface area contributed by atoms with Crippen LogP contribution in [0.15, 0.2) is 41.6 Å². The van der Waals surface area contributed by atoms with E-state index in [4.69, 9.17) is 4.74 Å². The van der Waals surface area contributed by atoms with Gasteiger partial charge in [-0.25, -0.2) is 13.8 Å². The quantitative estimate of drug-likeness (QED) is 0.364. The number of halogens is 5. The first-order valence-electron chi connectivity index (χ1n) is 10.3. The fourth-order valence-corrected chi connectivity index (χ4v) is 3.84. The molecule has 182 valence electrons. The summed E-state index contributed by atoms with van der Waals surface area (Å²) in [7, 11) is 1.68. The summed E-state index contributed by atoms with van der Waals surface area (Å²) in [4.78, 5) is 19.8. The Labute approximate surface area is 196 Å². The summed E-state index contributed by atoms with van der Waals surface area (Å²) in [5, 5.41) is 4.04. The molecule has 0 unspecified atom stereocenters. The van der Waals surface area contributed by atoms with E-state index in [9.17, 15) is 26.7 Å². The predicted molar refractivity (Wildman–Crippen MR) is 118 cm³/mol. The summed E-state index contributed by atoms with van der Waals surface area (Å²) in [5.74, 6) is -2.70. The molecule has 0 radical (unpaired) electrons. The van der Waals surface area contributed by atoms with Crippen molar-refractivity contribution in [3.63, 3.8) is 0 Å². The molecule has 0 aliphatic carbocycles. The Morgan fingerprint density at radius 3 is 2.34 bits per heavy atom. The second-order valence-corrected chi connectivity index (χ2v) is 8.01. The summed E-state index contributed by atoms with van der Waals surface area (Å²) < 4.78 is 75.7. The maximum atomic E-state index is 14.1. The van der Waals surface area contributed by atoms with Crippen molar-refractivity contribution in [3.05, 3.63) is 81.0 Å². The number of aromatic nitrogens is 4. The van der Waals surface area contributed by atoms with Crippen LogP contribution in [0.5, 0.6) is 11.6 Å². The first-order valence-corrected chi connectivity index (χ1v) is 10.3. The van der Waals surface area contributed by atoms with Crippen molar-refractivity contribution in [3.8, 4) is 34.0 Å². The fraction of sp³-hybridized carbons (Fsp3) is 0.208. The average molecular weight is 490 g/mol. The number of aromatic amines is 1. The van der Waals surface area contributed by atoms with E-state index in [2.05, 4.69) is 15.1 Å². The third-order valence-corrected chi connectivity index (χ3v) is 5.59. The number of hydrogen-bond acceptors (Lipinski definition) is 4. The van der Waals surface area contributed by atoms with E-state index in [1.165, 1.54) is 24.7 Å². The van der Waals surface area contributed by atoms with Crippen LogP contribution in [-0.4, -0.2) is 19.7 Å². The van der Waals surface area contributed by atoms with Gasteiger partial charge in [0, 0.05) is 42.3 Å². The van der Waals surface area contributed by atoms with Crippen molar-refractivity contribution in [2.45, 2.75) is 26.9 Å². The van der Waals surface area contributed by atoms with Crippen molar-refractivity contribution in [2.75, 3.05) is 0 Å². The second kappa shape index (κ2) is 8.64. The molecule has 4 aromatic rings. The fourth-order valence-electron chi connectivity index (χ4n) is 3.84. The Hall–Kier alpha value is -4.02. The molecule has 0 aliphatic heterocycles. The van der Waals surface area contributed by atoms with Crippen molar-refractivity contribution >= 4 is 0 Å². The minimum atomic E-state index is -4.73. The average Bonchev–Trinajstić information content (AvgIpc) is 3.18. The zero-order valence-electron chi connectivity index (χ0n) is 19.0. The van der Waals surface area contributed by atoms with Gasteiger partial charge in [-0.3, -0.25) is 9.48 Å². The molecular weight excluding hydrogens is 471 g/mol. The lowest BCUT2D eigenvalue weighted by Crippen LogP contribution is -2.13. The highest BCUT2D eigenvalue weighted by Crippen LogP contribution is 2.41. The van der Waals surface area contributed by atoms with E-state index < -0.39 is 28.8 Å². The number of pyridine rings is 2. The zero-order valence-corrected chi connectivity index (χ0v) is 19.0. The zero-order chi connectivity index (χ0) is 25.7. The molecule has 0 atom stereocenters. The minimum absolute atomic E-state index is 0.0199. The Balaban J connectivity index is 1.93. The molecule has 0 bridgehead atoms. The van der Waals surface area contributed by atoms with Gasteiger partial charge in [-0.05, 0) is 38.5 Å². The summed E-state index contributed by atoms with van der Waals surface area (Å²) >= 11 is 0. The Kier molecular flexibility index (Phi) is 5.95. The molecule has 0 spiro atoms. The molecule has 0 saturated heterocycles.